The summed E-state index contributed by atoms with van der Waals surface area (Å²) in [6, 6.07) is 5.22. The molecule has 0 saturated heterocycles. The maximum Gasteiger partial charge on any atom is 0.318 e. The lowest BCUT2D eigenvalue weighted by Gasteiger charge is -2.19. The summed E-state index contributed by atoms with van der Waals surface area (Å²) >= 11 is 1.32. The molecule has 7 heteroatoms. The summed E-state index contributed by atoms with van der Waals surface area (Å²) in [5, 5.41) is 2.39. The van der Waals surface area contributed by atoms with Gasteiger partial charge in [0.25, 0.3) is 0 Å². The molecule has 0 spiro atoms. The summed E-state index contributed by atoms with van der Waals surface area (Å²) in [5.41, 5.74) is 8.42. The molecule has 1 aromatic carbocycles. The first-order chi connectivity index (χ1) is 11.3. The summed E-state index contributed by atoms with van der Waals surface area (Å²) in [6.45, 7) is 7.95. The molecule has 24 heavy (non-hydrogen) atoms. The minimum atomic E-state index is -0.843. The number of thioether (sulfide) groups is 1. The number of hydrogen-bond acceptors (Lipinski definition) is 4. The number of rotatable bonds is 5. The van der Waals surface area contributed by atoms with Crippen LogP contribution in [0.5, 0.6) is 0 Å². The number of aryl methyl sites for hydroxylation is 1. The molecule has 3 amide bonds. The molecule has 1 heterocycles. The first-order valence-electron chi connectivity index (χ1n) is 7.68. The average molecular weight is 346 g/mol. The number of carbonyl (C=O) groups excluding carboxylic acids is 2. The number of aromatic nitrogens is 2. The molecule has 2 aromatic rings. The Morgan fingerprint density at radius 1 is 1.29 bits per heavy atom. The van der Waals surface area contributed by atoms with Crippen molar-refractivity contribution in [3.05, 3.63) is 41.7 Å². The molecule has 0 unspecified atom stereocenters. The van der Waals surface area contributed by atoms with Crippen molar-refractivity contribution in [2.45, 2.75) is 38.1 Å². The standard InChI is InChI=1S/C17H22N4O2S/c1-10(2)14(15(22)20-16(18)23)24-17-19-8-9-21(17)13-7-5-6-11(3)12(13)4/h5-10,14H,1-4H3,(H3,18,20,22,23)/t14-/m0/s1. The topological polar surface area (TPSA) is 90.0 Å². The van der Waals surface area contributed by atoms with Crippen molar-refractivity contribution in [1.82, 2.24) is 14.9 Å². The van der Waals surface area contributed by atoms with Gasteiger partial charge in [-0.3, -0.25) is 14.7 Å². The number of benzene rings is 1. The number of imidazole rings is 1. The van der Waals surface area contributed by atoms with Crippen LogP contribution in [0.1, 0.15) is 25.0 Å². The normalized spacial score (nSPS) is 12.2. The van der Waals surface area contributed by atoms with Crippen LogP contribution in [0.2, 0.25) is 0 Å². The van der Waals surface area contributed by atoms with Gasteiger partial charge in [-0.25, -0.2) is 9.78 Å². The van der Waals surface area contributed by atoms with E-state index in [9.17, 15) is 9.59 Å². The minimum absolute atomic E-state index is 0.0121. The number of nitrogens with zero attached hydrogens (tertiary/aromatic N) is 2. The number of amides is 3. The van der Waals surface area contributed by atoms with Gasteiger partial charge in [-0.2, -0.15) is 0 Å². The largest absolute Gasteiger partial charge is 0.351 e. The van der Waals surface area contributed by atoms with Gasteiger partial charge in [-0.1, -0.05) is 37.7 Å². The molecule has 3 N–H and O–H groups in total. The van der Waals surface area contributed by atoms with E-state index >= 15 is 0 Å². The fourth-order valence-electron chi connectivity index (χ4n) is 2.36. The molecule has 0 fully saturated rings. The fraction of sp³-hybridized carbons (Fsp3) is 0.353. The molecule has 128 valence electrons. The van der Waals surface area contributed by atoms with Gasteiger partial charge >= 0.3 is 6.03 Å². The molecule has 0 saturated carbocycles. The summed E-state index contributed by atoms with van der Waals surface area (Å²) in [7, 11) is 0. The number of carbonyl (C=O) groups is 2. The highest BCUT2D eigenvalue weighted by atomic mass is 32.2. The van der Waals surface area contributed by atoms with Crippen LogP contribution in [0, 0.1) is 19.8 Å². The van der Waals surface area contributed by atoms with Crippen LogP contribution >= 0.6 is 11.8 Å². The number of primary amides is 1. The Morgan fingerprint density at radius 3 is 2.62 bits per heavy atom. The molecule has 1 aromatic heterocycles. The maximum atomic E-state index is 12.2. The third-order valence-electron chi connectivity index (χ3n) is 3.79. The van der Waals surface area contributed by atoms with Gasteiger partial charge in [0.2, 0.25) is 5.91 Å². The van der Waals surface area contributed by atoms with Crippen molar-refractivity contribution in [3.8, 4) is 5.69 Å². The second-order valence-electron chi connectivity index (χ2n) is 5.93. The van der Waals surface area contributed by atoms with Gasteiger partial charge in [0, 0.05) is 12.4 Å². The summed E-state index contributed by atoms with van der Waals surface area (Å²) in [5.74, 6) is -0.392. The predicted octanol–water partition coefficient (Wildman–Crippen LogP) is 2.80. The summed E-state index contributed by atoms with van der Waals surface area (Å²) < 4.78 is 1.96. The van der Waals surface area contributed by atoms with Crippen molar-refractivity contribution in [2.24, 2.45) is 11.7 Å². The van der Waals surface area contributed by atoms with E-state index in [1.165, 1.54) is 17.3 Å². The van der Waals surface area contributed by atoms with Crippen LogP contribution < -0.4 is 11.1 Å². The number of nitrogens with two attached hydrogens (primary N) is 1. The van der Waals surface area contributed by atoms with E-state index in [-0.39, 0.29) is 5.92 Å². The number of hydrogen-bond donors (Lipinski definition) is 2. The lowest BCUT2D eigenvalue weighted by molar-refractivity contribution is -0.120. The van der Waals surface area contributed by atoms with E-state index in [1.54, 1.807) is 6.20 Å². The number of nitrogens with one attached hydrogen (secondary N) is 1. The van der Waals surface area contributed by atoms with Crippen LogP contribution in [0.3, 0.4) is 0 Å². The molecular formula is C17H22N4O2S. The predicted molar refractivity (Wildman–Crippen MR) is 95.2 cm³/mol. The Bertz CT molecular complexity index is 755. The van der Waals surface area contributed by atoms with Gasteiger partial charge in [-0.15, -0.1) is 0 Å². The summed E-state index contributed by atoms with van der Waals surface area (Å²) in [4.78, 5) is 27.6. The Kier molecular flexibility index (Phi) is 5.66. The zero-order valence-corrected chi connectivity index (χ0v) is 15.1. The molecule has 6 nitrogen and oxygen atoms in total. The van der Waals surface area contributed by atoms with Gasteiger partial charge in [0.05, 0.1) is 10.9 Å². The quantitative estimate of drug-likeness (QED) is 0.815. The van der Waals surface area contributed by atoms with Crippen LogP contribution in [0.15, 0.2) is 35.7 Å². The highest BCUT2D eigenvalue weighted by Crippen LogP contribution is 2.30. The Hall–Kier alpha value is -2.28. The number of urea groups is 1. The Morgan fingerprint density at radius 2 is 2.00 bits per heavy atom. The highest BCUT2D eigenvalue weighted by Gasteiger charge is 2.26. The first-order valence-corrected chi connectivity index (χ1v) is 8.56. The van der Waals surface area contributed by atoms with Crippen molar-refractivity contribution >= 4 is 23.7 Å². The third-order valence-corrected chi connectivity index (χ3v) is 5.31. The summed E-state index contributed by atoms with van der Waals surface area (Å²) in [6.07, 6.45) is 3.57. The van der Waals surface area contributed by atoms with Crippen molar-refractivity contribution in [1.29, 1.82) is 0 Å². The Labute approximate surface area is 145 Å². The number of imide groups is 1. The van der Waals surface area contributed by atoms with E-state index < -0.39 is 17.2 Å². The minimum Gasteiger partial charge on any atom is -0.351 e. The SMILES string of the molecule is Cc1cccc(-n2ccnc2S[C@H](C(=O)NC(N)=O)C(C)C)c1C. The van der Waals surface area contributed by atoms with Crippen LogP contribution in [-0.2, 0) is 4.79 Å². The fourth-order valence-corrected chi connectivity index (χ4v) is 3.42. The lowest BCUT2D eigenvalue weighted by Crippen LogP contribution is -2.42. The monoisotopic (exact) mass is 346 g/mol. The molecule has 0 aliphatic heterocycles. The van der Waals surface area contributed by atoms with Crippen LogP contribution in [-0.4, -0.2) is 26.7 Å². The van der Waals surface area contributed by atoms with E-state index in [0.29, 0.717) is 5.16 Å². The second kappa shape index (κ2) is 7.53. The molecule has 0 radical (unpaired) electrons. The van der Waals surface area contributed by atoms with Gasteiger partial charge < -0.3 is 5.73 Å². The van der Waals surface area contributed by atoms with Crippen molar-refractivity contribution in [3.63, 3.8) is 0 Å². The zero-order chi connectivity index (χ0) is 17.9. The first kappa shape index (κ1) is 18.1. The molecule has 0 bridgehead atoms. The van der Waals surface area contributed by atoms with Crippen molar-refractivity contribution < 1.29 is 9.59 Å². The molecule has 0 aliphatic rings. The van der Waals surface area contributed by atoms with E-state index in [2.05, 4.69) is 30.2 Å². The second-order valence-corrected chi connectivity index (χ2v) is 7.04. The average Bonchev–Trinajstić information content (AvgIpc) is 2.94. The van der Waals surface area contributed by atoms with Crippen LogP contribution in [0.25, 0.3) is 5.69 Å². The maximum absolute atomic E-state index is 12.2. The molecule has 2 rings (SSSR count). The third kappa shape index (κ3) is 3.97. The molecule has 0 aliphatic carbocycles. The van der Waals surface area contributed by atoms with E-state index in [0.717, 1.165) is 11.3 Å². The van der Waals surface area contributed by atoms with Gasteiger partial charge in [0.15, 0.2) is 5.16 Å². The van der Waals surface area contributed by atoms with E-state index in [1.807, 2.05) is 36.7 Å². The highest BCUT2D eigenvalue weighted by molar-refractivity contribution is 8.00. The molecule has 1 atom stereocenters. The smallest absolute Gasteiger partial charge is 0.318 e. The lowest BCUT2D eigenvalue weighted by atomic mass is 10.1. The van der Waals surface area contributed by atoms with Crippen molar-refractivity contribution in [2.75, 3.05) is 0 Å². The molecular weight excluding hydrogens is 324 g/mol. The zero-order valence-electron chi connectivity index (χ0n) is 14.2. The van der Waals surface area contributed by atoms with Gasteiger partial charge in [-0.05, 0) is 37.0 Å². The van der Waals surface area contributed by atoms with Gasteiger partial charge in [0.1, 0.15) is 0 Å². The van der Waals surface area contributed by atoms with Crippen LogP contribution in [0.4, 0.5) is 4.79 Å². The Balaban J connectivity index is 2.33. The van der Waals surface area contributed by atoms with E-state index in [4.69, 9.17) is 5.73 Å².